The molecule has 132 valence electrons. The summed E-state index contributed by atoms with van der Waals surface area (Å²) in [5.41, 5.74) is 6.63. The molecule has 0 aliphatic heterocycles. The number of benzene rings is 2. The number of hydrogen-bond donors (Lipinski definition) is 2. The zero-order valence-corrected chi connectivity index (χ0v) is 14.5. The molecule has 2 aromatic carbocycles. The first kappa shape index (κ1) is 17.6. The lowest BCUT2D eigenvalue weighted by atomic mass is 10.1. The normalized spacial score (nSPS) is 10.3. The van der Waals surface area contributed by atoms with Crippen molar-refractivity contribution < 1.29 is 9.59 Å². The molecule has 1 aromatic heterocycles. The fraction of sp³-hybridized carbons (Fsp3) is 0.111. The van der Waals surface area contributed by atoms with Gasteiger partial charge in [-0.2, -0.15) is 0 Å². The molecule has 0 aliphatic carbocycles. The predicted molar refractivity (Wildman–Crippen MR) is 96.3 cm³/mol. The quantitative estimate of drug-likeness (QED) is 0.673. The van der Waals surface area contributed by atoms with E-state index in [0.29, 0.717) is 11.6 Å². The third-order valence-corrected chi connectivity index (χ3v) is 3.80. The van der Waals surface area contributed by atoms with Gasteiger partial charge in [0.05, 0.1) is 19.2 Å². The second kappa shape index (κ2) is 8.26. The van der Waals surface area contributed by atoms with Gasteiger partial charge in [-0.3, -0.25) is 20.4 Å². The van der Waals surface area contributed by atoms with E-state index in [2.05, 4.69) is 21.2 Å². The van der Waals surface area contributed by atoms with Crippen LogP contribution in [-0.2, 0) is 17.8 Å². The van der Waals surface area contributed by atoms with Gasteiger partial charge in [-0.15, -0.1) is 5.10 Å². The molecule has 0 atom stereocenters. The molecule has 0 unspecified atom stereocenters. The van der Waals surface area contributed by atoms with E-state index < -0.39 is 5.91 Å². The molecular weight excluding hydrogens is 354 g/mol. The van der Waals surface area contributed by atoms with Crippen LogP contribution in [0.25, 0.3) is 0 Å². The fourth-order valence-corrected chi connectivity index (χ4v) is 2.40. The van der Waals surface area contributed by atoms with Crippen molar-refractivity contribution in [2.75, 3.05) is 0 Å². The zero-order valence-electron chi connectivity index (χ0n) is 13.7. The standard InChI is InChI=1S/C18H16ClN5O2/c19-15-8-6-13(7-9-15)10-17(25)21-22-18(26)16-12-24(23-20-16)11-14-4-2-1-3-5-14/h1-9,12H,10-11H2,(H,21,25)(H,22,26). The second-order valence-corrected chi connectivity index (χ2v) is 6.03. The molecular formula is C18H16ClN5O2. The number of nitrogens with one attached hydrogen (secondary N) is 2. The Morgan fingerprint density at radius 2 is 1.69 bits per heavy atom. The molecule has 7 nitrogen and oxygen atoms in total. The predicted octanol–water partition coefficient (Wildman–Crippen LogP) is 1.98. The van der Waals surface area contributed by atoms with E-state index in [1.807, 2.05) is 30.3 Å². The highest BCUT2D eigenvalue weighted by atomic mass is 35.5. The van der Waals surface area contributed by atoms with Crippen molar-refractivity contribution in [1.29, 1.82) is 0 Å². The molecule has 1 heterocycles. The summed E-state index contributed by atoms with van der Waals surface area (Å²) in [6, 6.07) is 16.6. The van der Waals surface area contributed by atoms with Crippen LogP contribution in [0.1, 0.15) is 21.6 Å². The molecule has 0 fully saturated rings. The van der Waals surface area contributed by atoms with Crippen LogP contribution in [0.3, 0.4) is 0 Å². The number of carbonyl (C=O) groups excluding carboxylic acids is 2. The summed E-state index contributed by atoms with van der Waals surface area (Å²) >= 11 is 5.80. The van der Waals surface area contributed by atoms with Crippen molar-refractivity contribution >= 4 is 23.4 Å². The Kier molecular flexibility index (Phi) is 5.60. The monoisotopic (exact) mass is 369 g/mol. The average Bonchev–Trinajstić information content (AvgIpc) is 3.11. The van der Waals surface area contributed by atoms with E-state index in [4.69, 9.17) is 11.6 Å². The molecule has 0 bridgehead atoms. The minimum atomic E-state index is -0.534. The second-order valence-electron chi connectivity index (χ2n) is 5.59. The van der Waals surface area contributed by atoms with Gasteiger partial charge in [-0.25, -0.2) is 4.68 Å². The van der Waals surface area contributed by atoms with Gasteiger partial charge in [0.2, 0.25) is 5.91 Å². The average molecular weight is 370 g/mol. The highest BCUT2D eigenvalue weighted by Gasteiger charge is 2.12. The van der Waals surface area contributed by atoms with E-state index in [1.165, 1.54) is 6.20 Å². The molecule has 0 aliphatic rings. The summed E-state index contributed by atoms with van der Waals surface area (Å²) in [5, 5.41) is 8.33. The van der Waals surface area contributed by atoms with Crippen molar-refractivity contribution in [2.24, 2.45) is 0 Å². The first-order valence-corrected chi connectivity index (χ1v) is 8.25. The van der Waals surface area contributed by atoms with Crippen LogP contribution in [0, 0.1) is 0 Å². The largest absolute Gasteiger partial charge is 0.291 e. The van der Waals surface area contributed by atoms with Crippen LogP contribution in [-0.4, -0.2) is 26.8 Å². The summed E-state index contributed by atoms with van der Waals surface area (Å²) in [6.07, 6.45) is 1.64. The highest BCUT2D eigenvalue weighted by molar-refractivity contribution is 6.30. The number of hydrogen-bond acceptors (Lipinski definition) is 4. The van der Waals surface area contributed by atoms with Gasteiger partial charge in [0.1, 0.15) is 0 Å². The first-order chi connectivity index (χ1) is 12.6. The van der Waals surface area contributed by atoms with Crippen molar-refractivity contribution in [3.8, 4) is 0 Å². The van der Waals surface area contributed by atoms with E-state index >= 15 is 0 Å². The third kappa shape index (κ3) is 4.90. The number of rotatable bonds is 5. The molecule has 0 radical (unpaired) electrons. The van der Waals surface area contributed by atoms with Crippen LogP contribution in [0.15, 0.2) is 60.8 Å². The van der Waals surface area contributed by atoms with Gasteiger partial charge in [-0.1, -0.05) is 59.3 Å². The number of hydrazine groups is 1. The number of aromatic nitrogens is 3. The number of halogens is 1. The van der Waals surface area contributed by atoms with E-state index in [1.54, 1.807) is 28.9 Å². The van der Waals surface area contributed by atoms with Crippen LogP contribution in [0.2, 0.25) is 5.02 Å². The topological polar surface area (TPSA) is 88.9 Å². The van der Waals surface area contributed by atoms with Crippen molar-refractivity contribution in [2.45, 2.75) is 13.0 Å². The Hall–Kier alpha value is -3.19. The first-order valence-electron chi connectivity index (χ1n) is 7.88. The number of carbonyl (C=O) groups is 2. The van der Waals surface area contributed by atoms with Crippen LogP contribution in [0.5, 0.6) is 0 Å². The lowest BCUT2D eigenvalue weighted by molar-refractivity contribution is -0.121. The van der Waals surface area contributed by atoms with Gasteiger partial charge in [0.15, 0.2) is 5.69 Å². The van der Waals surface area contributed by atoms with Gasteiger partial charge >= 0.3 is 0 Å². The molecule has 26 heavy (non-hydrogen) atoms. The maximum absolute atomic E-state index is 12.1. The van der Waals surface area contributed by atoms with Gasteiger partial charge in [0.25, 0.3) is 5.91 Å². The summed E-state index contributed by atoms with van der Waals surface area (Å²) < 4.78 is 1.56. The Bertz CT molecular complexity index is 893. The molecule has 0 saturated carbocycles. The van der Waals surface area contributed by atoms with Crippen LogP contribution < -0.4 is 10.9 Å². The molecule has 8 heteroatoms. The zero-order chi connectivity index (χ0) is 18.4. The van der Waals surface area contributed by atoms with Crippen molar-refractivity contribution in [1.82, 2.24) is 25.8 Å². The van der Waals surface area contributed by atoms with E-state index in [9.17, 15) is 9.59 Å². The Morgan fingerprint density at radius 3 is 2.42 bits per heavy atom. The lowest BCUT2D eigenvalue weighted by Crippen LogP contribution is -2.42. The SMILES string of the molecule is O=C(Cc1ccc(Cl)cc1)NNC(=O)c1cn(Cc2ccccc2)nn1. The minimum Gasteiger partial charge on any atom is -0.273 e. The molecule has 2 N–H and O–H groups in total. The molecule has 3 aromatic rings. The molecule has 0 spiro atoms. The summed E-state index contributed by atoms with van der Waals surface area (Å²) in [6.45, 7) is 0.504. The maximum Gasteiger partial charge on any atom is 0.291 e. The minimum absolute atomic E-state index is 0.118. The molecule has 0 saturated heterocycles. The highest BCUT2D eigenvalue weighted by Crippen LogP contribution is 2.09. The van der Waals surface area contributed by atoms with Gasteiger partial charge in [-0.05, 0) is 23.3 Å². The molecule has 3 rings (SSSR count). The van der Waals surface area contributed by atoms with E-state index in [0.717, 1.165) is 11.1 Å². The summed E-state index contributed by atoms with van der Waals surface area (Å²) in [5.74, 6) is -0.883. The third-order valence-electron chi connectivity index (χ3n) is 3.55. The van der Waals surface area contributed by atoms with Crippen molar-refractivity contribution in [3.63, 3.8) is 0 Å². The van der Waals surface area contributed by atoms with Crippen molar-refractivity contribution in [3.05, 3.63) is 82.6 Å². The summed E-state index contributed by atoms with van der Waals surface area (Å²) in [7, 11) is 0. The Balaban J connectivity index is 1.50. The van der Waals surface area contributed by atoms with Gasteiger partial charge in [0, 0.05) is 5.02 Å². The number of nitrogens with zero attached hydrogens (tertiary/aromatic N) is 3. The maximum atomic E-state index is 12.1. The van der Waals surface area contributed by atoms with Crippen LogP contribution in [0.4, 0.5) is 0 Å². The summed E-state index contributed by atoms with van der Waals surface area (Å²) in [4.78, 5) is 23.9. The Morgan fingerprint density at radius 1 is 0.962 bits per heavy atom. The van der Waals surface area contributed by atoms with E-state index in [-0.39, 0.29) is 18.0 Å². The fourth-order valence-electron chi connectivity index (χ4n) is 2.27. The molecule has 2 amide bonds. The van der Waals surface area contributed by atoms with Crippen LogP contribution >= 0.6 is 11.6 Å². The smallest absolute Gasteiger partial charge is 0.273 e. The number of amides is 2. The lowest BCUT2D eigenvalue weighted by Gasteiger charge is -2.06. The van der Waals surface area contributed by atoms with Gasteiger partial charge < -0.3 is 0 Å². The Labute approximate surface area is 154 Å².